The van der Waals surface area contributed by atoms with Gasteiger partial charge in [-0.2, -0.15) is 0 Å². The minimum atomic E-state index is -0.288. The Morgan fingerprint density at radius 1 is 1.00 bits per heavy atom. The van der Waals surface area contributed by atoms with Crippen LogP contribution in [0.4, 0.5) is 11.4 Å². The van der Waals surface area contributed by atoms with Gasteiger partial charge >= 0.3 is 0 Å². The molecule has 0 radical (unpaired) electrons. The van der Waals surface area contributed by atoms with Crippen LogP contribution in [-0.2, 0) is 4.79 Å². The van der Waals surface area contributed by atoms with Crippen LogP contribution < -0.4 is 20.7 Å². The van der Waals surface area contributed by atoms with Gasteiger partial charge in [-0.15, -0.1) is 0 Å². The molecule has 2 aromatic rings. The monoisotopic (exact) mass is 397 g/mol. The van der Waals surface area contributed by atoms with Crippen LogP contribution in [0.3, 0.4) is 0 Å². The van der Waals surface area contributed by atoms with Crippen LogP contribution in [0.25, 0.3) is 0 Å². The molecule has 0 aromatic heterocycles. The summed E-state index contributed by atoms with van der Waals surface area (Å²) in [4.78, 5) is 24.4. The number of amides is 2. The number of ether oxygens (including phenoxy) is 1. The molecule has 0 atom stereocenters. The zero-order valence-corrected chi connectivity index (χ0v) is 17.8. The van der Waals surface area contributed by atoms with Gasteiger partial charge in [-0.05, 0) is 63.1 Å². The molecule has 2 amide bonds. The lowest BCUT2D eigenvalue weighted by Gasteiger charge is -2.20. The second-order valence-electron chi connectivity index (χ2n) is 8.42. The van der Waals surface area contributed by atoms with Gasteiger partial charge in [-0.25, -0.2) is 0 Å². The average molecular weight is 398 g/mol. The van der Waals surface area contributed by atoms with Crippen molar-refractivity contribution in [3.8, 4) is 5.75 Å². The number of rotatable bonds is 8. The maximum Gasteiger partial charge on any atom is 0.251 e. The Balaban J connectivity index is 1.85. The number of hydrogen-bond donors (Lipinski definition) is 3. The fourth-order valence-electron chi connectivity index (χ4n) is 2.47. The molecule has 6 heteroatoms. The van der Waals surface area contributed by atoms with Crippen molar-refractivity contribution in [2.75, 3.05) is 23.8 Å². The van der Waals surface area contributed by atoms with Gasteiger partial charge < -0.3 is 20.7 Å². The second kappa shape index (κ2) is 9.96. The van der Waals surface area contributed by atoms with E-state index in [1.807, 2.05) is 45.0 Å². The zero-order valence-electron chi connectivity index (χ0n) is 17.8. The van der Waals surface area contributed by atoms with E-state index < -0.39 is 0 Å². The fraction of sp³-hybridized carbons (Fsp3) is 0.391. The van der Waals surface area contributed by atoms with Gasteiger partial charge in [0.2, 0.25) is 5.91 Å². The van der Waals surface area contributed by atoms with E-state index in [1.54, 1.807) is 24.3 Å². The standard InChI is InChI=1S/C23H31N3O3/c1-16(2)15-29-20-8-6-7-19(13-20)25-21(27)14-24-18-11-9-17(10-12-18)22(28)26-23(3,4)5/h6-13,16,24H,14-15H2,1-5H3,(H,25,27)(H,26,28). The molecule has 0 heterocycles. The van der Waals surface area contributed by atoms with E-state index in [4.69, 9.17) is 4.74 Å². The Morgan fingerprint density at radius 3 is 2.31 bits per heavy atom. The molecule has 0 saturated heterocycles. The summed E-state index contributed by atoms with van der Waals surface area (Å²) >= 11 is 0. The third-order valence-corrected chi connectivity index (χ3v) is 3.79. The van der Waals surface area contributed by atoms with Crippen molar-refractivity contribution in [1.82, 2.24) is 5.32 Å². The predicted molar refractivity (Wildman–Crippen MR) is 118 cm³/mol. The number of carbonyl (C=O) groups is 2. The molecule has 0 unspecified atom stereocenters. The van der Waals surface area contributed by atoms with Gasteiger partial charge in [0.25, 0.3) is 5.91 Å². The minimum absolute atomic E-state index is 0.116. The van der Waals surface area contributed by atoms with E-state index in [9.17, 15) is 9.59 Å². The Bertz CT molecular complexity index is 824. The largest absolute Gasteiger partial charge is 0.493 e. The number of benzene rings is 2. The molecule has 29 heavy (non-hydrogen) atoms. The van der Waals surface area contributed by atoms with Gasteiger partial charge in [0.05, 0.1) is 13.2 Å². The van der Waals surface area contributed by atoms with E-state index in [0.717, 1.165) is 11.4 Å². The summed E-state index contributed by atoms with van der Waals surface area (Å²) in [5, 5.41) is 8.83. The van der Waals surface area contributed by atoms with Crippen molar-refractivity contribution in [3.05, 3.63) is 54.1 Å². The number of carbonyl (C=O) groups excluding carboxylic acids is 2. The highest BCUT2D eigenvalue weighted by Crippen LogP contribution is 2.18. The van der Waals surface area contributed by atoms with Crippen molar-refractivity contribution in [2.45, 2.75) is 40.2 Å². The predicted octanol–water partition coefficient (Wildman–Crippen LogP) is 4.30. The fourth-order valence-corrected chi connectivity index (χ4v) is 2.47. The molecular weight excluding hydrogens is 366 g/mol. The third-order valence-electron chi connectivity index (χ3n) is 3.79. The van der Waals surface area contributed by atoms with Crippen molar-refractivity contribution in [3.63, 3.8) is 0 Å². The summed E-state index contributed by atoms with van der Waals surface area (Å²) < 4.78 is 5.68. The van der Waals surface area contributed by atoms with E-state index in [0.29, 0.717) is 23.8 Å². The summed E-state index contributed by atoms with van der Waals surface area (Å²) in [6.45, 7) is 10.7. The summed E-state index contributed by atoms with van der Waals surface area (Å²) in [7, 11) is 0. The maximum absolute atomic E-state index is 12.2. The van der Waals surface area contributed by atoms with Gasteiger partial charge in [0.15, 0.2) is 0 Å². The van der Waals surface area contributed by atoms with E-state index in [2.05, 4.69) is 29.8 Å². The lowest BCUT2D eigenvalue weighted by atomic mass is 10.1. The quantitative estimate of drug-likeness (QED) is 0.620. The number of hydrogen-bond acceptors (Lipinski definition) is 4. The average Bonchev–Trinajstić information content (AvgIpc) is 2.64. The molecule has 3 N–H and O–H groups in total. The zero-order chi connectivity index (χ0) is 21.4. The number of nitrogens with one attached hydrogen (secondary N) is 3. The van der Waals surface area contributed by atoms with E-state index in [-0.39, 0.29) is 23.9 Å². The third kappa shape index (κ3) is 8.25. The molecule has 0 bridgehead atoms. The van der Waals surface area contributed by atoms with Crippen LogP contribution >= 0.6 is 0 Å². The Morgan fingerprint density at radius 2 is 1.69 bits per heavy atom. The molecule has 0 aliphatic rings. The first kappa shape index (κ1) is 22.3. The molecule has 0 spiro atoms. The molecular formula is C23H31N3O3. The van der Waals surface area contributed by atoms with Crippen LogP contribution in [0.15, 0.2) is 48.5 Å². The van der Waals surface area contributed by atoms with Crippen molar-refractivity contribution >= 4 is 23.2 Å². The van der Waals surface area contributed by atoms with E-state index >= 15 is 0 Å². The van der Waals surface area contributed by atoms with Crippen molar-refractivity contribution < 1.29 is 14.3 Å². The van der Waals surface area contributed by atoms with Gasteiger partial charge in [-0.3, -0.25) is 9.59 Å². The Kier molecular flexibility index (Phi) is 7.65. The molecule has 0 aliphatic carbocycles. The van der Waals surface area contributed by atoms with Crippen LogP contribution in [0.5, 0.6) is 5.75 Å². The Labute approximate surface area is 173 Å². The molecule has 0 saturated carbocycles. The van der Waals surface area contributed by atoms with Crippen molar-refractivity contribution in [2.24, 2.45) is 5.92 Å². The topological polar surface area (TPSA) is 79.5 Å². The molecule has 156 valence electrons. The minimum Gasteiger partial charge on any atom is -0.493 e. The maximum atomic E-state index is 12.2. The van der Waals surface area contributed by atoms with Gasteiger partial charge in [0, 0.05) is 28.5 Å². The highest BCUT2D eigenvalue weighted by atomic mass is 16.5. The normalized spacial score (nSPS) is 11.1. The lowest BCUT2D eigenvalue weighted by Crippen LogP contribution is -2.40. The van der Waals surface area contributed by atoms with Crippen LogP contribution in [0.2, 0.25) is 0 Å². The molecule has 2 aromatic carbocycles. The molecule has 6 nitrogen and oxygen atoms in total. The summed E-state index contributed by atoms with van der Waals surface area (Å²) in [6.07, 6.45) is 0. The van der Waals surface area contributed by atoms with Crippen molar-refractivity contribution in [1.29, 1.82) is 0 Å². The highest BCUT2D eigenvalue weighted by Gasteiger charge is 2.15. The van der Waals surface area contributed by atoms with Crippen LogP contribution in [-0.4, -0.2) is 30.5 Å². The first-order valence-electron chi connectivity index (χ1n) is 9.81. The molecule has 2 rings (SSSR count). The Hall–Kier alpha value is -3.02. The summed E-state index contributed by atoms with van der Waals surface area (Å²) in [5.41, 5.74) is 1.74. The van der Waals surface area contributed by atoms with Crippen LogP contribution in [0.1, 0.15) is 45.0 Å². The van der Waals surface area contributed by atoms with E-state index in [1.165, 1.54) is 0 Å². The van der Waals surface area contributed by atoms with Gasteiger partial charge in [0.1, 0.15) is 5.75 Å². The first-order chi connectivity index (χ1) is 13.6. The second-order valence-corrected chi connectivity index (χ2v) is 8.42. The lowest BCUT2D eigenvalue weighted by molar-refractivity contribution is -0.114. The van der Waals surface area contributed by atoms with Gasteiger partial charge in [-0.1, -0.05) is 19.9 Å². The SMILES string of the molecule is CC(C)COc1cccc(NC(=O)CNc2ccc(C(=O)NC(C)(C)C)cc2)c1. The number of anilines is 2. The molecule has 0 fully saturated rings. The highest BCUT2D eigenvalue weighted by molar-refractivity contribution is 5.95. The molecule has 0 aliphatic heterocycles. The first-order valence-corrected chi connectivity index (χ1v) is 9.81. The summed E-state index contributed by atoms with van der Waals surface area (Å²) in [6, 6.07) is 14.4. The summed E-state index contributed by atoms with van der Waals surface area (Å²) in [5.74, 6) is 0.874. The van der Waals surface area contributed by atoms with Crippen LogP contribution in [0, 0.1) is 5.92 Å². The smallest absolute Gasteiger partial charge is 0.251 e.